The normalized spacial score (nSPS) is 10.6. The van der Waals surface area contributed by atoms with Gasteiger partial charge in [0, 0.05) is 12.2 Å². The third-order valence-corrected chi connectivity index (χ3v) is 4.54. The smallest absolute Gasteiger partial charge is 0.174 e. The van der Waals surface area contributed by atoms with Crippen molar-refractivity contribution < 1.29 is 4.42 Å². The summed E-state index contributed by atoms with van der Waals surface area (Å²) in [5.41, 5.74) is 5.91. The highest BCUT2D eigenvalue weighted by Gasteiger charge is 2.13. The number of furan rings is 1. The van der Waals surface area contributed by atoms with Gasteiger partial charge in [-0.05, 0) is 73.9 Å². The number of thiocarbonyl (C=S) groups is 1. The molecule has 3 nitrogen and oxygen atoms in total. The summed E-state index contributed by atoms with van der Waals surface area (Å²) in [7, 11) is 0. The van der Waals surface area contributed by atoms with Crippen LogP contribution in [0.15, 0.2) is 65.3 Å². The zero-order valence-electron chi connectivity index (χ0n) is 15.5. The Labute approximate surface area is 160 Å². The number of benzene rings is 2. The van der Waals surface area contributed by atoms with Crippen LogP contribution < -0.4 is 5.32 Å². The minimum absolute atomic E-state index is 0.623. The van der Waals surface area contributed by atoms with Gasteiger partial charge in [-0.3, -0.25) is 0 Å². The minimum Gasteiger partial charge on any atom is -0.467 e. The molecule has 0 fully saturated rings. The van der Waals surface area contributed by atoms with Crippen molar-refractivity contribution in [3.05, 3.63) is 88.9 Å². The molecule has 0 amide bonds. The molecule has 0 aliphatic rings. The fourth-order valence-corrected chi connectivity index (χ4v) is 3.20. The number of aryl methyl sites for hydroxylation is 3. The second kappa shape index (κ2) is 8.19. The van der Waals surface area contributed by atoms with Crippen molar-refractivity contribution in [2.45, 2.75) is 33.9 Å². The molecule has 0 bridgehead atoms. The largest absolute Gasteiger partial charge is 0.467 e. The molecule has 0 aliphatic heterocycles. The number of nitrogens with zero attached hydrogens (tertiary/aromatic N) is 1. The first-order valence-electron chi connectivity index (χ1n) is 8.72. The Morgan fingerprint density at radius 2 is 1.62 bits per heavy atom. The standard InChI is InChI=1S/C22H24N2OS/c1-16-6-8-19(9-7-16)14-24(15-21-5-4-10-25-21)22(26)23-20-12-17(2)11-18(3)13-20/h4-13H,14-15H2,1-3H3,(H,23,26). The van der Waals surface area contributed by atoms with Crippen molar-refractivity contribution in [2.75, 3.05) is 5.32 Å². The van der Waals surface area contributed by atoms with Crippen LogP contribution in [0.3, 0.4) is 0 Å². The molecule has 2 aromatic carbocycles. The maximum Gasteiger partial charge on any atom is 0.174 e. The number of hydrogen-bond acceptors (Lipinski definition) is 2. The molecule has 0 atom stereocenters. The molecule has 0 saturated carbocycles. The summed E-state index contributed by atoms with van der Waals surface area (Å²) in [6.45, 7) is 7.62. The van der Waals surface area contributed by atoms with Gasteiger partial charge in [-0.2, -0.15) is 0 Å². The van der Waals surface area contributed by atoms with E-state index in [4.69, 9.17) is 16.6 Å². The highest BCUT2D eigenvalue weighted by molar-refractivity contribution is 7.80. The second-order valence-electron chi connectivity index (χ2n) is 6.73. The van der Waals surface area contributed by atoms with E-state index in [1.54, 1.807) is 6.26 Å². The molecule has 26 heavy (non-hydrogen) atoms. The van der Waals surface area contributed by atoms with Crippen molar-refractivity contribution in [1.82, 2.24) is 4.90 Å². The molecule has 1 N–H and O–H groups in total. The Hall–Kier alpha value is -2.59. The summed E-state index contributed by atoms with van der Waals surface area (Å²) in [5, 5.41) is 4.07. The zero-order chi connectivity index (χ0) is 18.5. The predicted octanol–water partition coefficient (Wildman–Crippen LogP) is 5.60. The third-order valence-electron chi connectivity index (χ3n) is 4.18. The van der Waals surface area contributed by atoms with Gasteiger partial charge in [0.1, 0.15) is 5.76 Å². The van der Waals surface area contributed by atoms with Crippen LogP contribution in [0.2, 0.25) is 0 Å². The third kappa shape index (κ3) is 4.96. The van der Waals surface area contributed by atoms with E-state index in [1.165, 1.54) is 22.3 Å². The van der Waals surface area contributed by atoms with Crippen molar-refractivity contribution in [3.63, 3.8) is 0 Å². The molecule has 0 unspecified atom stereocenters. The lowest BCUT2D eigenvalue weighted by atomic mass is 10.1. The number of anilines is 1. The fraction of sp³-hybridized carbons (Fsp3) is 0.227. The predicted molar refractivity (Wildman–Crippen MR) is 111 cm³/mol. The Bertz CT molecular complexity index is 849. The topological polar surface area (TPSA) is 28.4 Å². The molecule has 3 rings (SSSR count). The summed E-state index contributed by atoms with van der Waals surface area (Å²) in [5.74, 6) is 0.890. The highest BCUT2D eigenvalue weighted by Crippen LogP contribution is 2.17. The Balaban J connectivity index is 1.79. The molecule has 0 spiro atoms. The van der Waals surface area contributed by atoms with Gasteiger partial charge in [-0.25, -0.2) is 0 Å². The van der Waals surface area contributed by atoms with Gasteiger partial charge < -0.3 is 14.6 Å². The fourth-order valence-electron chi connectivity index (χ4n) is 2.95. The van der Waals surface area contributed by atoms with Crippen molar-refractivity contribution >= 4 is 23.0 Å². The summed E-state index contributed by atoms with van der Waals surface area (Å²) < 4.78 is 5.53. The van der Waals surface area contributed by atoms with Crippen LogP contribution in [0.4, 0.5) is 5.69 Å². The van der Waals surface area contributed by atoms with Gasteiger partial charge >= 0.3 is 0 Å². The second-order valence-corrected chi connectivity index (χ2v) is 7.11. The maximum absolute atomic E-state index is 5.72. The highest BCUT2D eigenvalue weighted by atomic mass is 32.1. The van der Waals surface area contributed by atoms with Crippen LogP contribution in [0, 0.1) is 20.8 Å². The van der Waals surface area contributed by atoms with Gasteiger partial charge in [-0.15, -0.1) is 0 Å². The first kappa shape index (κ1) is 18.2. The first-order valence-corrected chi connectivity index (χ1v) is 9.12. The molecule has 0 saturated heterocycles. The lowest BCUT2D eigenvalue weighted by molar-refractivity contribution is 0.360. The first-order chi connectivity index (χ1) is 12.5. The molecular weight excluding hydrogens is 340 g/mol. The van der Waals surface area contributed by atoms with Gasteiger partial charge in [0.15, 0.2) is 5.11 Å². The van der Waals surface area contributed by atoms with E-state index in [0.717, 1.165) is 18.0 Å². The van der Waals surface area contributed by atoms with E-state index in [9.17, 15) is 0 Å². The quantitative estimate of drug-likeness (QED) is 0.596. The van der Waals surface area contributed by atoms with Crippen LogP contribution >= 0.6 is 12.2 Å². The van der Waals surface area contributed by atoms with Gasteiger partial charge in [-0.1, -0.05) is 35.9 Å². The van der Waals surface area contributed by atoms with E-state index in [2.05, 4.69) is 73.5 Å². The lowest BCUT2D eigenvalue weighted by Crippen LogP contribution is -2.33. The Kier molecular flexibility index (Phi) is 5.74. The number of hydrogen-bond donors (Lipinski definition) is 1. The Morgan fingerprint density at radius 3 is 2.23 bits per heavy atom. The zero-order valence-corrected chi connectivity index (χ0v) is 16.3. The summed E-state index contributed by atoms with van der Waals surface area (Å²) in [6, 6.07) is 18.8. The average molecular weight is 365 g/mol. The molecule has 3 aromatic rings. The summed E-state index contributed by atoms with van der Waals surface area (Å²) in [6.07, 6.45) is 1.69. The van der Waals surface area contributed by atoms with Crippen molar-refractivity contribution in [3.8, 4) is 0 Å². The summed E-state index contributed by atoms with van der Waals surface area (Å²) >= 11 is 5.72. The van der Waals surface area contributed by atoms with Gasteiger partial charge in [0.25, 0.3) is 0 Å². The van der Waals surface area contributed by atoms with Gasteiger partial charge in [0.2, 0.25) is 0 Å². The van der Waals surface area contributed by atoms with E-state index in [0.29, 0.717) is 11.7 Å². The molecule has 0 radical (unpaired) electrons. The van der Waals surface area contributed by atoms with Crippen LogP contribution in [-0.2, 0) is 13.1 Å². The van der Waals surface area contributed by atoms with Crippen LogP contribution in [0.5, 0.6) is 0 Å². The molecule has 0 aliphatic carbocycles. The summed E-state index contributed by atoms with van der Waals surface area (Å²) in [4.78, 5) is 2.12. The van der Waals surface area contributed by atoms with Crippen LogP contribution in [0.1, 0.15) is 28.0 Å². The lowest BCUT2D eigenvalue weighted by Gasteiger charge is -2.25. The molecule has 134 valence electrons. The van der Waals surface area contributed by atoms with Crippen molar-refractivity contribution in [2.24, 2.45) is 0 Å². The Morgan fingerprint density at radius 1 is 0.923 bits per heavy atom. The van der Waals surface area contributed by atoms with E-state index in [-0.39, 0.29) is 0 Å². The average Bonchev–Trinajstić information content (AvgIpc) is 3.08. The van der Waals surface area contributed by atoms with E-state index in [1.807, 2.05) is 12.1 Å². The number of nitrogens with one attached hydrogen (secondary N) is 1. The molecule has 1 heterocycles. The molecule has 1 aromatic heterocycles. The molecular formula is C22H24N2OS. The molecule has 4 heteroatoms. The SMILES string of the molecule is Cc1ccc(CN(Cc2ccco2)C(=S)Nc2cc(C)cc(C)c2)cc1. The maximum atomic E-state index is 5.72. The monoisotopic (exact) mass is 364 g/mol. The van der Waals surface area contributed by atoms with Crippen LogP contribution in [0.25, 0.3) is 0 Å². The van der Waals surface area contributed by atoms with Gasteiger partial charge in [0.05, 0.1) is 12.8 Å². The number of rotatable bonds is 5. The van der Waals surface area contributed by atoms with E-state index >= 15 is 0 Å². The van der Waals surface area contributed by atoms with Crippen LogP contribution in [-0.4, -0.2) is 10.0 Å². The van der Waals surface area contributed by atoms with Crippen molar-refractivity contribution in [1.29, 1.82) is 0 Å². The minimum atomic E-state index is 0.623. The van der Waals surface area contributed by atoms with E-state index < -0.39 is 0 Å².